The van der Waals surface area contributed by atoms with Crippen LogP contribution in [-0.4, -0.2) is 76.7 Å². The Hall–Kier alpha value is -2.05. The third-order valence-corrected chi connectivity index (χ3v) is 5.71. The van der Waals surface area contributed by atoms with E-state index in [2.05, 4.69) is 15.6 Å². The van der Waals surface area contributed by atoms with Crippen LogP contribution in [0.2, 0.25) is 0 Å². The van der Waals surface area contributed by atoms with Gasteiger partial charge in [-0.05, 0) is 18.3 Å². The maximum atomic E-state index is 13.4. The van der Waals surface area contributed by atoms with Crippen molar-refractivity contribution in [1.29, 1.82) is 0 Å². The van der Waals surface area contributed by atoms with Gasteiger partial charge in [0.15, 0.2) is 0 Å². The van der Waals surface area contributed by atoms with Gasteiger partial charge in [-0.3, -0.25) is 9.59 Å². The molecule has 3 atom stereocenters. The molecule has 11 nitrogen and oxygen atoms in total. The first-order valence-corrected chi connectivity index (χ1v) is 11.2. The van der Waals surface area contributed by atoms with E-state index in [0.717, 1.165) is 0 Å². The van der Waals surface area contributed by atoms with Crippen LogP contribution < -0.4 is 10.5 Å². The average molecular weight is 431 g/mol. The van der Waals surface area contributed by atoms with Crippen LogP contribution in [-0.2, 0) is 26.0 Å². The predicted molar refractivity (Wildman–Crippen MR) is 105 cm³/mol. The second-order valence-corrected chi connectivity index (χ2v) is 10.2. The van der Waals surface area contributed by atoms with Gasteiger partial charge in [0.1, 0.15) is 12.1 Å². The fraction of sp³-hybridized carbons (Fsp3) is 0.765. The molecule has 0 aliphatic carbocycles. The Morgan fingerprint density at radius 2 is 2.07 bits per heavy atom. The lowest BCUT2D eigenvalue weighted by Crippen LogP contribution is -2.49. The second-order valence-electron chi connectivity index (χ2n) is 8.44. The number of hydrogen-bond acceptors (Lipinski definition) is 7. The highest BCUT2D eigenvalue weighted by molar-refractivity contribution is 7.89. The Bertz CT molecular complexity index is 847. The van der Waals surface area contributed by atoms with Gasteiger partial charge in [-0.25, -0.2) is 18.2 Å². The Balaban J connectivity index is 2.24. The number of hydrogen-bond donors (Lipinski definition) is 3. The first kappa shape index (κ1) is 23.2. The molecule has 4 N–H and O–H groups in total. The van der Waals surface area contributed by atoms with Gasteiger partial charge >= 0.3 is 0 Å². The van der Waals surface area contributed by atoms with Gasteiger partial charge in [-0.15, -0.1) is 5.10 Å². The number of aliphatic hydroxyl groups excluding tert-OH is 1. The molecular formula is C17H30N6O5S. The molecule has 12 heteroatoms. The number of primary sulfonamides is 1. The summed E-state index contributed by atoms with van der Waals surface area (Å²) < 4.78 is 23.6. The molecule has 0 spiro atoms. The van der Waals surface area contributed by atoms with Crippen LogP contribution in [0.1, 0.15) is 45.3 Å². The van der Waals surface area contributed by atoms with E-state index in [9.17, 15) is 23.1 Å². The Kier molecular flexibility index (Phi) is 7.01. The molecule has 2 amide bonds. The Labute approximate surface area is 170 Å². The maximum absolute atomic E-state index is 13.4. The molecule has 2 rings (SSSR count). The van der Waals surface area contributed by atoms with Crippen LogP contribution in [0.4, 0.5) is 0 Å². The number of likely N-dealkylation sites (tertiary alicyclic amines) is 1. The minimum absolute atomic E-state index is 0.0689. The Morgan fingerprint density at radius 3 is 2.62 bits per heavy atom. The van der Waals surface area contributed by atoms with Crippen LogP contribution in [0.25, 0.3) is 0 Å². The highest BCUT2D eigenvalue weighted by Crippen LogP contribution is 2.34. The molecule has 1 aliphatic heterocycles. The highest BCUT2D eigenvalue weighted by Gasteiger charge is 2.44. The van der Waals surface area contributed by atoms with Crippen LogP contribution in [0, 0.1) is 5.41 Å². The smallest absolute Gasteiger partial charge is 0.248 e. The summed E-state index contributed by atoms with van der Waals surface area (Å²) in [5, 5.41) is 25.7. The van der Waals surface area contributed by atoms with Gasteiger partial charge < -0.3 is 15.3 Å². The number of sulfonamides is 1. The van der Waals surface area contributed by atoms with E-state index in [1.54, 1.807) is 6.20 Å². The van der Waals surface area contributed by atoms with Crippen molar-refractivity contribution in [2.75, 3.05) is 19.3 Å². The molecule has 2 unspecified atom stereocenters. The molecule has 0 aromatic carbocycles. The minimum atomic E-state index is -3.55. The zero-order chi connectivity index (χ0) is 22.0. The molecule has 1 aliphatic rings. The third kappa shape index (κ3) is 5.97. The van der Waals surface area contributed by atoms with E-state index in [1.165, 1.54) is 16.6 Å². The van der Waals surface area contributed by atoms with Crippen molar-refractivity contribution in [2.45, 2.75) is 58.2 Å². The van der Waals surface area contributed by atoms with Crippen LogP contribution in [0.3, 0.4) is 0 Å². The van der Waals surface area contributed by atoms with E-state index >= 15 is 0 Å². The predicted octanol–water partition coefficient (Wildman–Crippen LogP) is -1.21. The standard InChI is InChI=1S/C17H30N6O5S/c1-17(2,3)14(16(26)22-10-12(24)8-13(22)15(25)19-4)23-9-11(20-21-23)6-5-7-29(18,27)28/h9,12-14,24H,5-8,10H2,1-4H3,(H,19,25)(H2,18,27,28)/t12?,13?,14-/m1/s1. The summed E-state index contributed by atoms with van der Waals surface area (Å²) in [6, 6.07) is -1.50. The van der Waals surface area contributed by atoms with E-state index in [-0.39, 0.29) is 30.5 Å². The molecule has 1 fully saturated rings. The number of nitrogens with zero attached hydrogens (tertiary/aromatic N) is 4. The number of carbonyl (C=O) groups is 2. The van der Waals surface area contributed by atoms with Crippen molar-refractivity contribution < 1.29 is 23.1 Å². The maximum Gasteiger partial charge on any atom is 0.248 e. The van der Waals surface area contributed by atoms with Gasteiger partial charge in [0, 0.05) is 26.2 Å². The van der Waals surface area contributed by atoms with E-state index in [4.69, 9.17) is 5.14 Å². The number of nitrogens with two attached hydrogens (primary N) is 1. The average Bonchev–Trinajstić information content (AvgIpc) is 3.18. The molecule has 29 heavy (non-hydrogen) atoms. The van der Waals surface area contributed by atoms with E-state index in [0.29, 0.717) is 18.5 Å². The fourth-order valence-corrected chi connectivity index (χ4v) is 4.07. The topological polar surface area (TPSA) is 161 Å². The molecule has 1 aromatic rings. The second kappa shape index (κ2) is 8.76. The summed E-state index contributed by atoms with van der Waals surface area (Å²) >= 11 is 0. The van der Waals surface area contributed by atoms with Crippen molar-refractivity contribution in [3.8, 4) is 0 Å². The number of carbonyl (C=O) groups excluding carboxylic acids is 2. The van der Waals surface area contributed by atoms with Crippen molar-refractivity contribution >= 4 is 21.8 Å². The number of aliphatic hydroxyl groups is 1. The molecule has 0 saturated carbocycles. The normalized spacial score (nSPS) is 21.2. The monoisotopic (exact) mass is 430 g/mol. The van der Waals surface area contributed by atoms with E-state index in [1.807, 2.05) is 20.8 Å². The lowest BCUT2D eigenvalue weighted by molar-refractivity contribution is -0.144. The summed E-state index contributed by atoms with van der Waals surface area (Å²) in [5.41, 5.74) is -0.0105. The molecule has 1 aromatic heterocycles. The molecule has 164 valence electrons. The van der Waals surface area contributed by atoms with Crippen molar-refractivity contribution in [3.63, 3.8) is 0 Å². The third-order valence-electron chi connectivity index (χ3n) is 4.85. The lowest BCUT2D eigenvalue weighted by atomic mass is 9.85. The molecule has 0 radical (unpaired) electrons. The van der Waals surface area contributed by atoms with E-state index < -0.39 is 33.6 Å². The van der Waals surface area contributed by atoms with Crippen LogP contribution in [0.15, 0.2) is 6.20 Å². The van der Waals surface area contributed by atoms with Crippen molar-refractivity contribution in [1.82, 2.24) is 25.2 Å². The van der Waals surface area contributed by atoms with Crippen molar-refractivity contribution in [3.05, 3.63) is 11.9 Å². The molecule has 2 heterocycles. The van der Waals surface area contributed by atoms with Gasteiger partial charge in [0.2, 0.25) is 21.8 Å². The molecular weight excluding hydrogens is 400 g/mol. The SMILES string of the molecule is CNC(=O)C1CC(O)CN1C(=O)[C@@H](n1cc(CCCS(N)(=O)=O)nn1)C(C)(C)C. The summed E-state index contributed by atoms with van der Waals surface area (Å²) in [7, 11) is -2.06. The number of amides is 2. The van der Waals surface area contributed by atoms with Gasteiger partial charge in [-0.1, -0.05) is 26.0 Å². The van der Waals surface area contributed by atoms with Gasteiger partial charge in [-0.2, -0.15) is 0 Å². The minimum Gasteiger partial charge on any atom is -0.391 e. The zero-order valence-corrected chi connectivity index (χ0v) is 18.0. The zero-order valence-electron chi connectivity index (χ0n) is 17.2. The summed E-state index contributed by atoms with van der Waals surface area (Å²) in [6.07, 6.45) is 1.66. The van der Waals surface area contributed by atoms with Crippen molar-refractivity contribution in [2.24, 2.45) is 10.6 Å². The number of aromatic nitrogens is 3. The number of rotatable bonds is 7. The van der Waals surface area contributed by atoms with Crippen LogP contribution >= 0.6 is 0 Å². The first-order chi connectivity index (χ1) is 13.3. The number of aryl methyl sites for hydroxylation is 1. The summed E-state index contributed by atoms with van der Waals surface area (Å²) in [5.74, 6) is -0.825. The molecule has 1 saturated heterocycles. The fourth-order valence-electron chi connectivity index (χ4n) is 3.52. The number of likely N-dealkylation sites (N-methyl/N-ethyl adjacent to an activating group) is 1. The first-order valence-electron chi connectivity index (χ1n) is 9.45. The molecule has 0 bridgehead atoms. The highest BCUT2D eigenvalue weighted by atomic mass is 32.2. The van der Waals surface area contributed by atoms with Gasteiger partial charge in [0.05, 0.1) is 17.6 Å². The lowest BCUT2D eigenvalue weighted by Gasteiger charge is -2.34. The van der Waals surface area contributed by atoms with Crippen LogP contribution in [0.5, 0.6) is 0 Å². The van der Waals surface area contributed by atoms with Gasteiger partial charge in [0.25, 0.3) is 0 Å². The summed E-state index contributed by atoms with van der Waals surface area (Å²) in [4.78, 5) is 26.9. The Morgan fingerprint density at radius 1 is 1.41 bits per heavy atom. The largest absolute Gasteiger partial charge is 0.391 e. The quantitative estimate of drug-likeness (QED) is 0.489. The number of nitrogens with one attached hydrogen (secondary N) is 1. The number of β-amino-alcohol motifs (C(OH)–C–C–N with tert-alkyl or cyclic N) is 1. The summed E-state index contributed by atoms with van der Waals surface area (Å²) in [6.45, 7) is 5.69.